The fraction of sp³-hybridized carbons (Fsp3) is 0.308. The van der Waals surface area contributed by atoms with E-state index in [1.165, 1.54) is 6.20 Å². The van der Waals surface area contributed by atoms with E-state index in [0.29, 0.717) is 28.8 Å². The number of halogens is 4. The van der Waals surface area contributed by atoms with Crippen molar-refractivity contribution in [2.24, 2.45) is 0 Å². The van der Waals surface area contributed by atoms with Crippen LogP contribution in [0, 0.1) is 0 Å². The lowest BCUT2D eigenvalue weighted by atomic mass is 10.0. The molecule has 0 saturated heterocycles. The number of nitrogens with one attached hydrogen (secondary N) is 1. The van der Waals surface area contributed by atoms with Crippen LogP contribution in [0.15, 0.2) is 22.8 Å². The minimum atomic E-state index is -4.51. The van der Waals surface area contributed by atoms with Gasteiger partial charge in [0.25, 0.3) is 0 Å². The van der Waals surface area contributed by atoms with Gasteiger partial charge in [0.05, 0.1) is 5.69 Å². The lowest BCUT2D eigenvalue weighted by Crippen LogP contribution is -2.29. The number of hydrogen-bond donors (Lipinski definition) is 1. The fourth-order valence-electron chi connectivity index (χ4n) is 2.23. The van der Waals surface area contributed by atoms with Crippen molar-refractivity contribution >= 4 is 15.9 Å². The van der Waals surface area contributed by atoms with Crippen molar-refractivity contribution in [2.75, 3.05) is 6.54 Å². The number of alkyl halides is 3. The largest absolute Gasteiger partial charge is 0.433 e. The summed E-state index contributed by atoms with van der Waals surface area (Å²) < 4.78 is 40.2. The van der Waals surface area contributed by atoms with E-state index in [0.717, 1.165) is 0 Å². The van der Waals surface area contributed by atoms with Gasteiger partial charge in [-0.1, -0.05) is 0 Å². The third-order valence-electron chi connectivity index (χ3n) is 3.17. The molecule has 0 aromatic carbocycles. The number of pyridine rings is 1. The third-order valence-corrected chi connectivity index (χ3v) is 3.81. The monoisotopic (exact) mass is 358 g/mol. The second-order valence-electron chi connectivity index (χ2n) is 4.58. The lowest BCUT2D eigenvalue weighted by Gasteiger charge is -2.21. The lowest BCUT2D eigenvalue weighted by molar-refractivity contribution is -0.142. The van der Waals surface area contributed by atoms with Gasteiger partial charge >= 0.3 is 6.18 Å². The molecule has 1 aliphatic heterocycles. The molecule has 21 heavy (non-hydrogen) atoms. The standard InChI is InChI=1S/C13H10BrF3N4/c14-8-2-1-4-19-10(8)12-20-9-3-5-18-6-7(9)11(21-12)13(15,16)17/h1-2,4,18H,3,5-6H2. The number of hydrogen-bond acceptors (Lipinski definition) is 4. The zero-order chi connectivity index (χ0) is 15.0. The minimum Gasteiger partial charge on any atom is -0.312 e. The van der Waals surface area contributed by atoms with Gasteiger partial charge in [-0.2, -0.15) is 13.2 Å². The van der Waals surface area contributed by atoms with Crippen LogP contribution in [0.5, 0.6) is 0 Å². The van der Waals surface area contributed by atoms with E-state index in [1.807, 2.05) is 0 Å². The number of aromatic nitrogens is 3. The van der Waals surface area contributed by atoms with Crippen molar-refractivity contribution in [3.05, 3.63) is 39.8 Å². The van der Waals surface area contributed by atoms with Gasteiger partial charge in [0.1, 0.15) is 5.69 Å². The molecule has 3 heterocycles. The molecular weight excluding hydrogens is 349 g/mol. The first-order chi connectivity index (χ1) is 9.97. The summed E-state index contributed by atoms with van der Waals surface area (Å²) in [5.41, 5.74) is -0.00947. The summed E-state index contributed by atoms with van der Waals surface area (Å²) in [6.45, 7) is 0.734. The zero-order valence-corrected chi connectivity index (χ0v) is 12.3. The third kappa shape index (κ3) is 2.77. The molecule has 0 aliphatic carbocycles. The first-order valence-corrected chi connectivity index (χ1v) is 7.04. The maximum Gasteiger partial charge on any atom is 0.433 e. The molecule has 2 aromatic heterocycles. The molecule has 1 aliphatic rings. The molecular formula is C13H10BrF3N4. The van der Waals surface area contributed by atoms with Crippen LogP contribution in [0.3, 0.4) is 0 Å². The quantitative estimate of drug-likeness (QED) is 0.851. The van der Waals surface area contributed by atoms with Crippen LogP contribution < -0.4 is 5.32 Å². The molecule has 4 nitrogen and oxygen atoms in total. The highest BCUT2D eigenvalue weighted by Crippen LogP contribution is 2.34. The molecule has 0 amide bonds. The molecule has 3 rings (SSSR count). The predicted octanol–water partition coefficient (Wildman–Crippen LogP) is 2.97. The molecule has 8 heteroatoms. The molecule has 0 radical (unpaired) electrons. The normalized spacial score (nSPS) is 14.9. The van der Waals surface area contributed by atoms with Gasteiger partial charge in [0, 0.05) is 35.7 Å². The number of fused-ring (bicyclic) bond motifs is 1. The molecule has 0 atom stereocenters. The number of rotatable bonds is 1. The Labute approximate surface area is 127 Å². The Bertz CT molecular complexity index is 688. The van der Waals surface area contributed by atoms with E-state index in [9.17, 15) is 13.2 Å². The van der Waals surface area contributed by atoms with Gasteiger partial charge in [0.15, 0.2) is 11.5 Å². The van der Waals surface area contributed by atoms with Crippen molar-refractivity contribution in [3.8, 4) is 11.5 Å². The maximum absolute atomic E-state index is 13.2. The molecule has 0 fully saturated rings. The van der Waals surface area contributed by atoms with Gasteiger partial charge < -0.3 is 5.32 Å². The van der Waals surface area contributed by atoms with Crippen LogP contribution in [0.1, 0.15) is 17.0 Å². The van der Waals surface area contributed by atoms with Crippen molar-refractivity contribution in [1.29, 1.82) is 0 Å². The van der Waals surface area contributed by atoms with Crippen LogP contribution in [0.4, 0.5) is 13.2 Å². The summed E-state index contributed by atoms with van der Waals surface area (Å²) in [6.07, 6.45) is -2.57. The summed E-state index contributed by atoms with van der Waals surface area (Å²) in [7, 11) is 0. The fourth-order valence-corrected chi connectivity index (χ4v) is 2.67. The van der Waals surface area contributed by atoms with Crippen molar-refractivity contribution in [3.63, 3.8) is 0 Å². The molecule has 0 saturated carbocycles. The summed E-state index contributed by atoms with van der Waals surface area (Å²) in [5.74, 6) is -0.00421. The number of nitrogens with zero attached hydrogens (tertiary/aromatic N) is 3. The second-order valence-corrected chi connectivity index (χ2v) is 5.43. The average Bonchev–Trinajstić information content (AvgIpc) is 2.45. The Morgan fingerprint density at radius 1 is 1.24 bits per heavy atom. The van der Waals surface area contributed by atoms with Gasteiger partial charge in [-0.25, -0.2) is 9.97 Å². The smallest absolute Gasteiger partial charge is 0.312 e. The summed E-state index contributed by atoms with van der Waals surface area (Å²) >= 11 is 3.27. The molecule has 1 N–H and O–H groups in total. The highest BCUT2D eigenvalue weighted by molar-refractivity contribution is 9.10. The predicted molar refractivity (Wildman–Crippen MR) is 73.4 cm³/mol. The zero-order valence-electron chi connectivity index (χ0n) is 10.7. The van der Waals surface area contributed by atoms with E-state index in [2.05, 4.69) is 36.2 Å². The topological polar surface area (TPSA) is 50.7 Å². The van der Waals surface area contributed by atoms with E-state index < -0.39 is 11.9 Å². The second kappa shape index (κ2) is 5.34. The average molecular weight is 359 g/mol. The Kier molecular flexibility index (Phi) is 3.66. The maximum atomic E-state index is 13.2. The van der Waals surface area contributed by atoms with Gasteiger partial charge in [-0.05, 0) is 28.1 Å². The minimum absolute atomic E-state index is 0.00421. The van der Waals surface area contributed by atoms with Gasteiger partial charge in [-0.15, -0.1) is 0 Å². The van der Waals surface area contributed by atoms with Crippen LogP contribution in [0.2, 0.25) is 0 Å². The SMILES string of the molecule is FC(F)(F)c1nc(-c2ncccc2Br)nc2c1CNCC2. The van der Waals surface area contributed by atoms with Crippen molar-refractivity contribution < 1.29 is 13.2 Å². The van der Waals surface area contributed by atoms with E-state index >= 15 is 0 Å². The first-order valence-electron chi connectivity index (χ1n) is 6.25. The molecule has 0 spiro atoms. The highest BCUT2D eigenvalue weighted by Gasteiger charge is 2.38. The van der Waals surface area contributed by atoms with Crippen molar-refractivity contribution in [1.82, 2.24) is 20.3 Å². The summed E-state index contributed by atoms with van der Waals surface area (Å²) in [4.78, 5) is 12.1. The first kappa shape index (κ1) is 14.4. The van der Waals surface area contributed by atoms with Gasteiger partial charge in [0.2, 0.25) is 0 Å². The summed E-state index contributed by atoms with van der Waals surface area (Å²) in [6, 6.07) is 3.38. The van der Waals surface area contributed by atoms with Crippen LogP contribution in [0.25, 0.3) is 11.5 Å². The summed E-state index contributed by atoms with van der Waals surface area (Å²) in [5, 5.41) is 2.92. The van der Waals surface area contributed by atoms with E-state index in [1.54, 1.807) is 12.1 Å². The van der Waals surface area contributed by atoms with Crippen LogP contribution >= 0.6 is 15.9 Å². The molecule has 0 unspecified atom stereocenters. The Morgan fingerprint density at radius 2 is 2.05 bits per heavy atom. The van der Waals surface area contributed by atoms with Crippen LogP contribution in [-0.4, -0.2) is 21.5 Å². The molecule has 110 valence electrons. The Hall–Kier alpha value is -1.54. The van der Waals surface area contributed by atoms with Crippen LogP contribution in [-0.2, 0) is 19.1 Å². The van der Waals surface area contributed by atoms with E-state index in [-0.39, 0.29) is 17.9 Å². The van der Waals surface area contributed by atoms with E-state index in [4.69, 9.17) is 0 Å². The molecule has 0 bridgehead atoms. The highest BCUT2D eigenvalue weighted by atomic mass is 79.9. The Balaban J connectivity index is 2.22. The Morgan fingerprint density at radius 3 is 2.76 bits per heavy atom. The van der Waals surface area contributed by atoms with Crippen molar-refractivity contribution in [2.45, 2.75) is 19.1 Å². The molecule has 2 aromatic rings. The van der Waals surface area contributed by atoms with Gasteiger partial charge in [-0.3, -0.25) is 4.98 Å².